The molecule has 0 radical (unpaired) electrons. The van der Waals surface area contributed by atoms with Gasteiger partial charge in [-0.25, -0.2) is 0 Å². The molecule has 1 N–H and O–H groups in total. The summed E-state index contributed by atoms with van der Waals surface area (Å²) in [5, 5.41) is 9.66. The molecule has 0 rings (SSSR count). The lowest BCUT2D eigenvalue weighted by Crippen LogP contribution is -2.28. The number of aliphatic hydroxyl groups is 1. The van der Waals surface area contributed by atoms with Crippen LogP contribution in [0.1, 0.15) is 271 Å². The molecular weight excluding hydrogens is 837 g/mol. The van der Waals surface area contributed by atoms with Gasteiger partial charge in [0.2, 0.25) is 0 Å². The van der Waals surface area contributed by atoms with E-state index in [1.807, 2.05) is 0 Å². The van der Waals surface area contributed by atoms with E-state index in [2.05, 4.69) is 111 Å². The van der Waals surface area contributed by atoms with Gasteiger partial charge in [-0.2, -0.15) is 0 Å². The quantitative estimate of drug-likeness (QED) is 0.0374. The van der Waals surface area contributed by atoms with Crippen molar-refractivity contribution in [3.05, 3.63) is 97.2 Å². The standard InChI is InChI=1S/C63H108O5/c1-3-5-7-9-11-13-15-17-19-21-23-25-26-27-28-29-30-31-32-33-34-35-36-38-40-42-44-46-48-50-52-54-56-58-63(66)68-61(59-64)60-67-62(65)57-55-53-51-49-47-45-43-41-39-37-24-22-20-18-16-14-12-10-8-6-4-2/h5,7,11,13,16-19,22-25,27-28,30-31,61,64H,3-4,6,8-10,12,14-15,20-21,26,29,32-60H2,1-2H3/b7-5-,13-11-,18-16-,19-17-,24-22-,25-23-,28-27-,31-30-. The molecule has 0 saturated carbocycles. The number of allylic oxidation sites excluding steroid dienone is 16. The van der Waals surface area contributed by atoms with Crippen LogP contribution in [0.3, 0.4) is 0 Å². The largest absolute Gasteiger partial charge is 0.462 e. The Morgan fingerprint density at radius 3 is 0.956 bits per heavy atom. The summed E-state index contributed by atoms with van der Waals surface area (Å²) in [6.07, 6.45) is 82.3. The third-order valence-corrected chi connectivity index (χ3v) is 12.4. The summed E-state index contributed by atoms with van der Waals surface area (Å²) in [5.74, 6) is -0.592. The fraction of sp³-hybridized carbons (Fsp3) is 0.714. The van der Waals surface area contributed by atoms with Crippen molar-refractivity contribution in [2.24, 2.45) is 0 Å². The predicted octanol–water partition coefficient (Wildman–Crippen LogP) is 19.5. The summed E-state index contributed by atoms with van der Waals surface area (Å²) in [4.78, 5) is 24.5. The molecule has 0 saturated heterocycles. The Kier molecular flexibility index (Phi) is 55.4. The highest BCUT2D eigenvalue weighted by Crippen LogP contribution is 2.16. The minimum atomic E-state index is -0.779. The molecule has 0 heterocycles. The lowest BCUT2D eigenvalue weighted by Gasteiger charge is -2.15. The molecule has 0 spiro atoms. The third-order valence-electron chi connectivity index (χ3n) is 12.4. The van der Waals surface area contributed by atoms with E-state index in [1.54, 1.807) is 0 Å². The summed E-state index contributed by atoms with van der Waals surface area (Å²) in [6.45, 7) is 4.03. The number of hydrogen-bond acceptors (Lipinski definition) is 5. The van der Waals surface area contributed by atoms with Gasteiger partial charge < -0.3 is 14.6 Å². The molecule has 390 valence electrons. The molecule has 0 bridgehead atoms. The first kappa shape index (κ1) is 64.8. The lowest BCUT2D eigenvalue weighted by atomic mass is 10.0. The number of hydrogen-bond donors (Lipinski definition) is 1. The summed E-state index contributed by atoms with van der Waals surface area (Å²) in [7, 11) is 0. The maximum atomic E-state index is 12.3. The second-order valence-corrected chi connectivity index (χ2v) is 19.0. The van der Waals surface area contributed by atoms with Crippen LogP contribution in [0.25, 0.3) is 0 Å². The van der Waals surface area contributed by atoms with Gasteiger partial charge in [0.25, 0.3) is 0 Å². The highest BCUT2D eigenvalue weighted by molar-refractivity contribution is 5.70. The molecule has 5 nitrogen and oxygen atoms in total. The van der Waals surface area contributed by atoms with Crippen LogP contribution in [0.4, 0.5) is 0 Å². The monoisotopic (exact) mass is 945 g/mol. The van der Waals surface area contributed by atoms with E-state index in [9.17, 15) is 14.7 Å². The molecule has 1 atom stereocenters. The van der Waals surface area contributed by atoms with Crippen molar-refractivity contribution in [1.82, 2.24) is 0 Å². The number of carbonyl (C=O) groups is 2. The fourth-order valence-corrected chi connectivity index (χ4v) is 8.06. The van der Waals surface area contributed by atoms with E-state index in [1.165, 1.54) is 161 Å². The van der Waals surface area contributed by atoms with E-state index in [-0.39, 0.29) is 25.2 Å². The molecule has 68 heavy (non-hydrogen) atoms. The Morgan fingerprint density at radius 1 is 0.353 bits per heavy atom. The zero-order valence-corrected chi connectivity index (χ0v) is 44.6. The first-order chi connectivity index (χ1) is 33.6. The number of carbonyl (C=O) groups excluding carboxylic acids is 2. The molecule has 0 aromatic heterocycles. The Balaban J connectivity index is 3.51. The average Bonchev–Trinajstić information content (AvgIpc) is 3.34. The van der Waals surface area contributed by atoms with Crippen LogP contribution in [0, 0.1) is 0 Å². The van der Waals surface area contributed by atoms with Crippen molar-refractivity contribution in [2.75, 3.05) is 13.2 Å². The smallest absolute Gasteiger partial charge is 0.306 e. The second-order valence-electron chi connectivity index (χ2n) is 19.0. The number of unbranched alkanes of at least 4 members (excludes halogenated alkanes) is 28. The molecular formula is C63H108O5. The van der Waals surface area contributed by atoms with E-state index in [0.717, 1.165) is 83.5 Å². The van der Waals surface area contributed by atoms with Crippen LogP contribution in [0.15, 0.2) is 97.2 Å². The summed E-state index contributed by atoms with van der Waals surface area (Å²) in [5.41, 5.74) is 0. The van der Waals surface area contributed by atoms with Crippen molar-refractivity contribution in [3.63, 3.8) is 0 Å². The zero-order chi connectivity index (χ0) is 49.2. The Morgan fingerprint density at radius 2 is 0.632 bits per heavy atom. The van der Waals surface area contributed by atoms with Crippen molar-refractivity contribution in [2.45, 2.75) is 277 Å². The van der Waals surface area contributed by atoms with Gasteiger partial charge in [-0.3, -0.25) is 9.59 Å². The summed E-state index contributed by atoms with van der Waals surface area (Å²) in [6, 6.07) is 0. The highest BCUT2D eigenvalue weighted by Gasteiger charge is 2.16. The normalized spacial score (nSPS) is 12.9. The van der Waals surface area contributed by atoms with E-state index in [0.29, 0.717) is 12.8 Å². The summed E-state index contributed by atoms with van der Waals surface area (Å²) < 4.78 is 10.7. The van der Waals surface area contributed by atoms with Crippen molar-refractivity contribution < 1.29 is 24.2 Å². The minimum Gasteiger partial charge on any atom is -0.462 e. The van der Waals surface area contributed by atoms with Crippen LogP contribution < -0.4 is 0 Å². The Bertz CT molecular complexity index is 1300. The zero-order valence-electron chi connectivity index (χ0n) is 44.6. The summed E-state index contributed by atoms with van der Waals surface area (Å²) >= 11 is 0. The molecule has 0 aromatic rings. The highest BCUT2D eigenvalue weighted by atomic mass is 16.6. The van der Waals surface area contributed by atoms with E-state index >= 15 is 0 Å². The Labute approximate surface area is 421 Å². The van der Waals surface area contributed by atoms with Crippen molar-refractivity contribution in [3.8, 4) is 0 Å². The molecule has 0 aliphatic rings. The number of esters is 2. The van der Waals surface area contributed by atoms with Crippen LogP contribution in [-0.4, -0.2) is 36.4 Å². The van der Waals surface area contributed by atoms with Crippen molar-refractivity contribution in [1.29, 1.82) is 0 Å². The molecule has 1 unspecified atom stereocenters. The minimum absolute atomic E-state index is 0.0705. The van der Waals surface area contributed by atoms with Crippen LogP contribution >= 0.6 is 0 Å². The van der Waals surface area contributed by atoms with Gasteiger partial charge in [-0.1, -0.05) is 259 Å². The van der Waals surface area contributed by atoms with Crippen molar-refractivity contribution >= 4 is 11.9 Å². The van der Waals surface area contributed by atoms with Gasteiger partial charge in [0, 0.05) is 12.8 Å². The topological polar surface area (TPSA) is 72.8 Å². The average molecular weight is 946 g/mol. The van der Waals surface area contributed by atoms with Gasteiger partial charge in [0.05, 0.1) is 6.61 Å². The SMILES string of the molecule is CC/C=C\C/C=C\C/C=C\C/C=C\C/C=C\C/C=C\CCCCCCCCCCCCCCCCC(=O)OC(CO)COC(=O)CCCCCCCCCCC/C=C\C/C=C\CCCCCCC. The maximum absolute atomic E-state index is 12.3. The number of rotatable bonds is 52. The van der Waals surface area contributed by atoms with Gasteiger partial charge in [0.15, 0.2) is 6.10 Å². The lowest BCUT2D eigenvalue weighted by molar-refractivity contribution is -0.161. The van der Waals surface area contributed by atoms with Crippen LogP contribution in [-0.2, 0) is 19.1 Å². The van der Waals surface area contributed by atoms with E-state index < -0.39 is 6.10 Å². The predicted molar refractivity (Wildman–Crippen MR) is 297 cm³/mol. The van der Waals surface area contributed by atoms with Gasteiger partial charge in [-0.05, 0) is 96.3 Å². The second kappa shape index (κ2) is 58.1. The molecule has 0 fully saturated rings. The van der Waals surface area contributed by atoms with Crippen LogP contribution in [0.2, 0.25) is 0 Å². The molecule has 0 amide bonds. The van der Waals surface area contributed by atoms with Gasteiger partial charge in [0.1, 0.15) is 6.61 Å². The first-order valence-corrected chi connectivity index (χ1v) is 28.8. The Hall–Kier alpha value is -3.18. The maximum Gasteiger partial charge on any atom is 0.306 e. The molecule has 0 aliphatic heterocycles. The first-order valence-electron chi connectivity index (χ1n) is 28.8. The molecule has 0 aliphatic carbocycles. The van der Waals surface area contributed by atoms with E-state index in [4.69, 9.17) is 9.47 Å². The van der Waals surface area contributed by atoms with Gasteiger partial charge >= 0.3 is 11.9 Å². The molecule has 0 aromatic carbocycles. The number of ether oxygens (including phenoxy) is 2. The fourth-order valence-electron chi connectivity index (χ4n) is 8.06. The molecule has 5 heteroatoms. The number of aliphatic hydroxyl groups excluding tert-OH is 1. The third kappa shape index (κ3) is 55.4. The van der Waals surface area contributed by atoms with Gasteiger partial charge in [-0.15, -0.1) is 0 Å². The van der Waals surface area contributed by atoms with Crippen LogP contribution in [0.5, 0.6) is 0 Å².